The summed E-state index contributed by atoms with van der Waals surface area (Å²) in [6, 6.07) is 12.3. The Balaban J connectivity index is 1.85. The van der Waals surface area contributed by atoms with Crippen molar-refractivity contribution < 1.29 is 18.0 Å². The zero-order chi connectivity index (χ0) is 17.3. The lowest BCUT2D eigenvalue weighted by Crippen LogP contribution is -2.28. The number of nitrogens with zero attached hydrogens (tertiary/aromatic N) is 2. The summed E-state index contributed by atoms with van der Waals surface area (Å²) >= 11 is 1.42. The molecule has 0 aliphatic carbocycles. The van der Waals surface area contributed by atoms with Gasteiger partial charge < -0.3 is 4.90 Å². The van der Waals surface area contributed by atoms with Gasteiger partial charge in [0.05, 0.1) is 27.9 Å². The van der Waals surface area contributed by atoms with Crippen molar-refractivity contribution in [1.29, 1.82) is 0 Å². The number of thiazole rings is 1. The number of rotatable bonds is 3. The van der Waals surface area contributed by atoms with Gasteiger partial charge >= 0.3 is 6.18 Å². The van der Waals surface area contributed by atoms with Gasteiger partial charge in [0.1, 0.15) is 5.01 Å². The highest BCUT2D eigenvalue weighted by Crippen LogP contribution is 2.32. The van der Waals surface area contributed by atoms with E-state index in [1.165, 1.54) is 41.5 Å². The molecule has 1 aromatic heterocycles. The van der Waals surface area contributed by atoms with Crippen molar-refractivity contribution in [3.63, 3.8) is 0 Å². The molecule has 0 spiro atoms. The minimum Gasteiger partial charge on any atom is -0.335 e. The van der Waals surface area contributed by atoms with Crippen LogP contribution < -0.4 is 0 Å². The van der Waals surface area contributed by atoms with E-state index >= 15 is 0 Å². The molecule has 0 bridgehead atoms. The summed E-state index contributed by atoms with van der Waals surface area (Å²) in [5.41, 5.74) is -0.464. The third kappa shape index (κ3) is 3.26. The van der Waals surface area contributed by atoms with E-state index in [0.29, 0.717) is 5.01 Å². The van der Waals surface area contributed by atoms with Crippen LogP contribution in [0.5, 0.6) is 0 Å². The van der Waals surface area contributed by atoms with Gasteiger partial charge in [-0.1, -0.05) is 24.3 Å². The molecule has 7 heteroatoms. The summed E-state index contributed by atoms with van der Waals surface area (Å²) in [7, 11) is 1.47. The number of hydrogen-bond donors (Lipinski definition) is 0. The smallest absolute Gasteiger partial charge is 0.335 e. The largest absolute Gasteiger partial charge is 0.417 e. The lowest BCUT2D eigenvalue weighted by atomic mass is 10.1. The Bertz CT molecular complexity index is 856. The summed E-state index contributed by atoms with van der Waals surface area (Å²) in [6.07, 6.45) is -4.57. The lowest BCUT2D eigenvalue weighted by Gasteiger charge is -2.18. The third-order valence-electron chi connectivity index (χ3n) is 3.52. The van der Waals surface area contributed by atoms with Crippen molar-refractivity contribution in [3.05, 3.63) is 64.7 Å². The summed E-state index contributed by atoms with van der Waals surface area (Å²) in [5.74, 6) is -0.679. The monoisotopic (exact) mass is 350 g/mol. The van der Waals surface area contributed by atoms with Crippen LogP contribution in [0.25, 0.3) is 10.2 Å². The van der Waals surface area contributed by atoms with Gasteiger partial charge in [-0.3, -0.25) is 4.79 Å². The molecule has 24 heavy (non-hydrogen) atoms. The van der Waals surface area contributed by atoms with Gasteiger partial charge in [0, 0.05) is 7.05 Å². The van der Waals surface area contributed by atoms with Gasteiger partial charge in [0.2, 0.25) is 0 Å². The summed E-state index contributed by atoms with van der Waals surface area (Å²) in [5, 5.41) is 0.677. The number of carbonyl (C=O) groups excluding carboxylic acids is 1. The molecule has 0 fully saturated rings. The van der Waals surface area contributed by atoms with Gasteiger partial charge in [-0.25, -0.2) is 4.98 Å². The molecule has 0 unspecified atom stereocenters. The van der Waals surface area contributed by atoms with E-state index in [-0.39, 0.29) is 12.1 Å². The van der Waals surface area contributed by atoms with Gasteiger partial charge in [0.15, 0.2) is 0 Å². The van der Waals surface area contributed by atoms with E-state index in [1.807, 2.05) is 24.3 Å². The predicted octanol–water partition coefficient (Wildman–Crippen LogP) is 4.59. The highest BCUT2D eigenvalue weighted by Gasteiger charge is 2.35. The Kier molecular flexibility index (Phi) is 4.28. The topological polar surface area (TPSA) is 33.2 Å². The molecule has 2 aromatic carbocycles. The molecule has 3 nitrogen and oxygen atoms in total. The number of hydrogen-bond acceptors (Lipinski definition) is 3. The normalized spacial score (nSPS) is 11.7. The number of fused-ring (bicyclic) bond motifs is 1. The molecule has 0 saturated carbocycles. The zero-order valence-electron chi connectivity index (χ0n) is 12.7. The second-order valence-corrected chi connectivity index (χ2v) is 6.40. The molecule has 0 atom stereocenters. The predicted molar refractivity (Wildman–Crippen MR) is 86.9 cm³/mol. The van der Waals surface area contributed by atoms with Crippen LogP contribution in [0, 0.1) is 0 Å². The third-order valence-corrected chi connectivity index (χ3v) is 4.54. The number of amides is 1. The van der Waals surface area contributed by atoms with E-state index in [4.69, 9.17) is 0 Å². The van der Waals surface area contributed by atoms with Crippen LogP contribution in [-0.2, 0) is 12.7 Å². The van der Waals surface area contributed by atoms with E-state index in [1.54, 1.807) is 0 Å². The first-order chi connectivity index (χ1) is 11.4. The maximum atomic E-state index is 13.1. The lowest BCUT2D eigenvalue weighted by molar-refractivity contribution is -0.138. The molecule has 124 valence electrons. The van der Waals surface area contributed by atoms with Crippen molar-refractivity contribution in [2.24, 2.45) is 0 Å². The van der Waals surface area contributed by atoms with Crippen molar-refractivity contribution in [2.45, 2.75) is 12.7 Å². The van der Waals surface area contributed by atoms with E-state index in [2.05, 4.69) is 4.98 Å². The maximum Gasteiger partial charge on any atom is 0.417 e. The molecule has 0 aliphatic rings. The molecule has 3 rings (SSSR count). The van der Waals surface area contributed by atoms with Crippen LogP contribution in [0.15, 0.2) is 48.5 Å². The molecule has 0 radical (unpaired) electrons. The number of carbonyl (C=O) groups is 1. The molecule has 3 aromatic rings. The van der Waals surface area contributed by atoms with Crippen molar-refractivity contribution >= 4 is 27.5 Å². The van der Waals surface area contributed by atoms with Crippen molar-refractivity contribution in [2.75, 3.05) is 7.05 Å². The minimum atomic E-state index is -4.57. The molecule has 0 N–H and O–H groups in total. The molecule has 0 saturated heterocycles. The van der Waals surface area contributed by atoms with Crippen LogP contribution in [0.2, 0.25) is 0 Å². The summed E-state index contributed by atoms with van der Waals surface area (Å²) in [6.45, 7) is 0.157. The number of halogens is 3. The average Bonchev–Trinajstić information content (AvgIpc) is 2.95. The number of benzene rings is 2. The van der Waals surface area contributed by atoms with Crippen LogP contribution >= 0.6 is 11.3 Å². The van der Waals surface area contributed by atoms with Crippen LogP contribution in [0.3, 0.4) is 0 Å². The second-order valence-electron chi connectivity index (χ2n) is 5.28. The molecule has 1 heterocycles. The zero-order valence-corrected chi connectivity index (χ0v) is 13.5. The van der Waals surface area contributed by atoms with Gasteiger partial charge in [-0.05, 0) is 24.3 Å². The molecule has 0 aliphatic heterocycles. The summed E-state index contributed by atoms with van der Waals surface area (Å²) < 4.78 is 40.1. The standard InChI is InChI=1S/C17H13F3N2OS/c1-22(10-15-21-13-8-4-5-9-14(13)24-15)16(23)11-6-2-3-7-12(11)17(18,19)20/h2-9H,10H2,1H3. The fourth-order valence-corrected chi connectivity index (χ4v) is 3.41. The highest BCUT2D eigenvalue weighted by molar-refractivity contribution is 7.18. The van der Waals surface area contributed by atoms with Gasteiger partial charge in [0.25, 0.3) is 5.91 Å². The van der Waals surface area contributed by atoms with Crippen molar-refractivity contribution in [1.82, 2.24) is 9.88 Å². The Morgan fingerprint density at radius 3 is 2.50 bits per heavy atom. The fraction of sp³-hybridized carbons (Fsp3) is 0.176. The van der Waals surface area contributed by atoms with Crippen LogP contribution in [0.4, 0.5) is 13.2 Å². The Morgan fingerprint density at radius 1 is 1.12 bits per heavy atom. The first-order valence-electron chi connectivity index (χ1n) is 7.12. The maximum absolute atomic E-state index is 13.1. The first kappa shape index (κ1) is 16.4. The molecular formula is C17H13F3N2OS. The van der Waals surface area contributed by atoms with Crippen LogP contribution in [-0.4, -0.2) is 22.8 Å². The fourth-order valence-electron chi connectivity index (χ4n) is 2.38. The molecule has 1 amide bonds. The first-order valence-corrected chi connectivity index (χ1v) is 7.94. The van der Waals surface area contributed by atoms with E-state index < -0.39 is 17.6 Å². The SMILES string of the molecule is CN(Cc1nc2ccccc2s1)C(=O)c1ccccc1C(F)(F)F. The molecular weight excluding hydrogens is 337 g/mol. The Morgan fingerprint density at radius 2 is 1.79 bits per heavy atom. The minimum absolute atomic E-state index is 0.157. The second kappa shape index (κ2) is 6.24. The number of aromatic nitrogens is 1. The number of para-hydroxylation sites is 1. The summed E-state index contributed by atoms with van der Waals surface area (Å²) in [4.78, 5) is 18.1. The van der Waals surface area contributed by atoms with E-state index in [0.717, 1.165) is 16.3 Å². The Labute approximate surface area is 140 Å². The van der Waals surface area contributed by atoms with Crippen molar-refractivity contribution in [3.8, 4) is 0 Å². The van der Waals surface area contributed by atoms with Gasteiger partial charge in [-0.15, -0.1) is 11.3 Å². The number of alkyl halides is 3. The van der Waals surface area contributed by atoms with Gasteiger partial charge in [-0.2, -0.15) is 13.2 Å². The quantitative estimate of drug-likeness (QED) is 0.692. The average molecular weight is 350 g/mol. The van der Waals surface area contributed by atoms with E-state index in [9.17, 15) is 18.0 Å². The highest BCUT2D eigenvalue weighted by atomic mass is 32.1. The van der Waals surface area contributed by atoms with Crippen LogP contribution in [0.1, 0.15) is 20.9 Å². The Hall–Kier alpha value is -2.41.